The Hall–Kier alpha value is -3.54. The van der Waals surface area contributed by atoms with E-state index < -0.39 is 0 Å². The van der Waals surface area contributed by atoms with E-state index in [-0.39, 0.29) is 18.2 Å². The van der Waals surface area contributed by atoms with Crippen molar-refractivity contribution in [2.45, 2.75) is 44.2 Å². The number of rotatable bonds is 7. The molecule has 5 rings (SSSR count). The highest BCUT2D eigenvalue weighted by Crippen LogP contribution is 2.35. The minimum absolute atomic E-state index is 0.140. The van der Waals surface area contributed by atoms with Crippen molar-refractivity contribution in [1.29, 1.82) is 0 Å². The predicted molar refractivity (Wildman–Crippen MR) is 128 cm³/mol. The first-order chi connectivity index (χ1) is 16.2. The topological polar surface area (TPSA) is 63.7 Å². The Morgan fingerprint density at radius 2 is 1.82 bits per heavy atom. The van der Waals surface area contributed by atoms with Crippen molar-refractivity contribution < 1.29 is 14.3 Å². The average Bonchev–Trinajstić information content (AvgIpc) is 3.49. The van der Waals surface area contributed by atoms with Crippen LogP contribution in [0.5, 0.6) is 11.5 Å². The van der Waals surface area contributed by atoms with Crippen molar-refractivity contribution in [3.05, 3.63) is 83.6 Å². The molecule has 33 heavy (non-hydrogen) atoms. The number of carbonyl (C=O) groups excluding carboxylic acids is 1. The van der Waals surface area contributed by atoms with Crippen LogP contribution in [0.25, 0.3) is 0 Å². The monoisotopic (exact) mass is 443 g/mol. The normalized spacial score (nSPS) is 18.4. The number of pyridine rings is 1. The molecule has 0 spiro atoms. The molecule has 2 aromatic carbocycles. The number of methoxy groups -OCH3 is 1. The summed E-state index contributed by atoms with van der Waals surface area (Å²) in [6, 6.07) is 19.9. The van der Waals surface area contributed by atoms with E-state index in [0.29, 0.717) is 12.4 Å². The van der Waals surface area contributed by atoms with Crippen LogP contribution in [0.2, 0.25) is 0 Å². The quantitative estimate of drug-likeness (QED) is 0.540. The van der Waals surface area contributed by atoms with Gasteiger partial charge in [0, 0.05) is 6.20 Å². The zero-order valence-electron chi connectivity index (χ0n) is 18.9. The molecule has 2 aliphatic rings. The second-order valence-electron chi connectivity index (χ2n) is 8.73. The van der Waals surface area contributed by atoms with Crippen LogP contribution in [0.4, 0.5) is 10.6 Å². The van der Waals surface area contributed by atoms with Crippen molar-refractivity contribution in [2.75, 3.05) is 18.6 Å². The van der Waals surface area contributed by atoms with Crippen molar-refractivity contribution >= 4 is 11.8 Å². The van der Waals surface area contributed by atoms with Crippen LogP contribution >= 0.6 is 0 Å². The SMILES string of the molecule is COc1ccc(C2CN(c3cc(Cc4ccccc4)ccn3)C(=O)N2)cc1OC1CCCC1. The summed E-state index contributed by atoms with van der Waals surface area (Å²) in [5.41, 5.74) is 3.35. The Labute approximate surface area is 194 Å². The highest BCUT2D eigenvalue weighted by Gasteiger charge is 2.32. The van der Waals surface area contributed by atoms with Crippen LogP contribution in [0, 0.1) is 0 Å². The van der Waals surface area contributed by atoms with E-state index in [2.05, 4.69) is 22.4 Å². The maximum Gasteiger partial charge on any atom is 0.323 e. The first-order valence-electron chi connectivity index (χ1n) is 11.6. The molecule has 1 saturated heterocycles. The Bertz CT molecular complexity index is 1110. The van der Waals surface area contributed by atoms with Crippen molar-refractivity contribution in [3.8, 4) is 11.5 Å². The molecule has 1 N–H and O–H groups in total. The van der Waals surface area contributed by atoms with Crippen LogP contribution in [-0.4, -0.2) is 30.8 Å². The van der Waals surface area contributed by atoms with E-state index in [1.54, 1.807) is 18.2 Å². The molecule has 6 nitrogen and oxygen atoms in total. The fraction of sp³-hybridized carbons (Fsp3) is 0.333. The summed E-state index contributed by atoms with van der Waals surface area (Å²) >= 11 is 0. The van der Waals surface area contributed by atoms with Gasteiger partial charge >= 0.3 is 6.03 Å². The number of hydrogen-bond acceptors (Lipinski definition) is 4. The van der Waals surface area contributed by atoms with Gasteiger partial charge in [0.1, 0.15) is 5.82 Å². The van der Waals surface area contributed by atoms with Gasteiger partial charge in [0.2, 0.25) is 0 Å². The van der Waals surface area contributed by atoms with Crippen molar-refractivity contribution in [3.63, 3.8) is 0 Å². The van der Waals surface area contributed by atoms with Gasteiger partial charge in [-0.25, -0.2) is 9.78 Å². The molecule has 3 aromatic rings. The number of nitrogens with zero attached hydrogens (tertiary/aromatic N) is 2. The molecule has 1 aliphatic heterocycles. The molecule has 1 aliphatic carbocycles. The van der Waals surface area contributed by atoms with Crippen molar-refractivity contribution in [1.82, 2.24) is 10.3 Å². The molecule has 1 atom stereocenters. The molecular formula is C27H29N3O3. The molecule has 2 amide bonds. The predicted octanol–water partition coefficient (Wildman–Crippen LogP) is 5.27. The van der Waals surface area contributed by atoms with Crippen LogP contribution in [0.3, 0.4) is 0 Å². The number of benzene rings is 2. The summed E-state index contributed by atoms with van der Waals surface area (Å²) in [5.74, 6) is 2.14. The summed E-state index contributed by atoms with van der Waals surface area (Å²) in [4.78, 5) is 19.0. The number of carbonyl (C=O) groups is 1. The lowest BCUT2D eigenvalue weighted by molar-refractivity contribution is 0.200. The Morgan fingerprint density at radius 1 is 1.00 bits per heavy atom. The number of aromatic nitrogens is 1. The number of urea groups is 1. The molecule has 0 radical (unpaired) electrons. The molecule has 170 valence electrons. The zero-order chi connectivity index (χ0) is 22.6. The molecule has 1 unspecified atom stereocenters. The average molecular weight is 444 g/mol. The van der Waals surface area contributed by atoms with Crippen LogP contribution < -0.4 is 19.7 Å². The lowest BCUT2D eigenvalue weighted by Gasteiger charge is -2.19. The number of anilines is 1. The molecule has 2 fully saturated rings. The lowest BCUT2D eigenvalue weighted by atomic mass is 10.1. The van der Waals surface area contributed by atoms with Gasteiger partial charge in [-0.15, -0.1) is 0 Å². The van der Waals surface area contributed by atoms with Crippen LogP contribution in [0.15, 0.2) is 66.9 Å². The number of ether oxygens (including phenoxy) is 2. The van der Waals surface area contributed by atoms with Gasteiger partial charge in [-0.1, -0.05) is 36.4 Å². The minimum Gasteiger partial charge on any atom is -0.493 e. The third-order valence-electron chi connectivity index (χ3n) is 6.43. The summed E-state index contributed by atoms with van der Waals surface area (Å²) in [7, 11) is 1.66. The minimum atomic E-state index is -0.145. The summed E-state index contributed by atoms with van der Waals surface area (Å²) in [6.45, 7) is 0.510. The molecule has 0 bridgehead atoms. The largest absolute Gasteiger partial charge is 0.493 e. The molecular weight excluding hydrogens is 414 g/mol. The van der Waals surface area contributed by atoms with E-state index in [4.69, 9.17) is 9.47 Å². The Balaban J connectivity index is 1.33. The maximum atomic E-state index is 12.8. The third-order valence-corrected chi connectivity index (χ3v) is 6.43. The molecule has 6 heteroatoms. The van der Waals surface area contributed by atoms with Gasteiger partial charge in [0.05, 0.1) is 25.8 Å². The molecule has 1 saturated carbocycles. The fourth-order valence-electron chi connectivity index (χ4n) is 4.66. The fourth-order valence-corrected chi connectivity index (χ4v) is 4.66. The summed E-state index contributed by atoms with van der Waals surface area (Å²) in [6.07, 6.45) is 7.37. The van der Waals surface area contributed by atoms with Gasteiger partial charge in [-0.05, 0) is 73.1 Å². The van der Waals surface area contributed by atoms with Gasteiger partial charge in [-0.2, -0.15) is 0 Å². The standard InChI is InChI=1S/C27H29N3O3/c1-32-24-12-11-21(17-25(24)33-22-9-5-6-10-22)23-18-30(27(31)29-23)26-16-20(13-14-28-26)15-19-7-3-2-4-8-19/h2-4,7-8,11-14,16-17,22-23H,5-6,9-10,15,18H2,1H3,(H,29,31). The maximum absolute atomic E-state index is 12.8. The number of nitrogens with one attached hydrogen (secondary N) is 1. The summed E-state index contributed by atoms with van der Waals surface area (Å²) < 4.78 is 11.8. The number of hydrogen-bond donors (Lipinski definition) is 1. The van der Waals surface area contributed by atoms with Gasteiger partial charge in [-0.3, -0.25) is 4.90 Å². The van der Waals surface area contributed by atoms with E-state index in [0.717, 1.165) is 41.9 Å². The van der Waals surface area contributed by atoms with Gasteiger partial charge in [0.15, 0.2) is 11.5 Å². The Kier molecular flexibility index (Phi) is 6.15. The first kappa shape index (κ1) is 21.3. The zero-order valence-corrected chi connectivity index (χ0v) is 18.9. The van der Waals surface area contributed by atoms with E-state index in [1.165, 1.54) is 18.4 Å². The lowest BCUT2D eigenvalue weighted by Crippen LogP contribution is -2.28. The second-order valence-corrected chi connectivity index (χ2v) is 8.73. The van der Waals surface area contributed by atoms with Gasteiger partial charge in [0.25, 0.3) is 0 Å². The highest BCUT2D eigenvalue weighted by molar-refractivity contribution is 5.93. The van der Waals surface area contributed by atoms with Crippen LogP contribution in [-0.2, 0) is 6.42 Å². The highest BCUT2D eigenvalue weighted by atomic mass is 16.5. The molecule has 2 heterocycles. The Morgan fingerprint density at radius 3 is 2.61 bits per heavy atom. The van der Waals surface area contributed by atoms with E-state index in [9.17, 15) is 4.79 Å². The smallest absolute Gasteiger partial charge is 0.323 e. The first-order valence-corrected chi connectivity index (χ1v) is 11.6. The number of amides is 2. The molecule has 1 aromatic heterocycles. The van der Waals surface area contributed by atoms with E-state index in [1.807, 2.05) is 48.5 Å². The van der Waals surface area contributed by atoms with Crippen molar-refractivity contribution in [2.24, 2.45) is 0 Å². The van der Waals surface area contributed by atoms with E-state index >= 15 is 0 Å². The third kappa shape index (κ3) is 4.80. The van der Waals surface area contributed by atoms with Gasteiger partial charge < -0.3 is 14.8 Å². The summed E-state index contributed by atoms with van der Waals surface area (Å²) in [5, 5.41) is 3.10. The second kappa shape index (κ2) is 9.53. The van der Waals surface area contributed by atoms with Crippen LogP contribution in [0.1, 0.15) is 48.4 Å².